The summed E-state index contributed by atoms with van der Waals surface area (Å²) in [5.41, 5.74) is 0.0171. The highest BCUT2D eigenvalue weighted by Gasteiger charge is 2.12. The quantitative estimate of drug-likeness (QED) is 0.593. The molecule has 0 aliphatic carbocycles. The Kier molecular flexibility index (Phi) is 6.29. The van der Waals surface area contributed by atoms with Crippen LogP contribution in [0.2, 0.25) is 0 Å². The van der Waals surface area contributed by atoms with Crippen LogP contribution in [0.3, 0.4) is 0 Å². The van der Waals surface area contributed by atoms with E-state index in [0.29, 0.717) is 22.3 Å². The number of aryl methyl sites for hydroxylation is 1. The number of rotatable bonds is 6. The van der Waals surface area contributed by atoms with Crippen LogP contribution in [-0.2, 0) is 11.2 Å². The number of benzene rings is 1. The maximum absolute atomic E-state index is 13.6. The first-order valence-electron chi connectivity index (χ1n) is 6.91. The minimum atomic E-state index is -0.549. The molecule has 2 aromatic rings. The number of esters is 1. The normalized spacial score (nSPS) is 10.4. The van der Waals surface area contributed by atoms with Gasteiger partial charge in [0.2, 0.25) is 0 Å². The van der Waals surface area contributed by atoms with Crippen molar-refractivity contribution < 1.29 is 18.7 Å². The zero-order valence-corrected chi connectivity index (χ0v) is 14.8. The number of halogens is 2. The van der Waals surface area contributed by atoms with E-state index >= 15 is 0 Å². The highest BCUT2D eigenvalue weighted by atomic mass is 79.9. The molecule has 0 saturated heterocycles. The van der Waals surface area contributed by atoms with Crippen LogP contribution in [0.25, 0.3) is 0 Å². The number of carbonyl (C=O) groups is 2. The predicted octanol–water partition coefficient (Wildman–Crippen LogP) is 3.80. The Labute approximate surface area is 145 Å². The Morgan fingerprint density at radius 2 is 2.09 bits per heavy atom. The van der Waals surface area contributed by atoms with Crippen LogP contribution < -0.4 is 5.32 Å². The fourth-order valence-corrected chi connectivity index (χ4v) is 3.28. The van der Waals surface area contributed by atoms with Crippen LogP contribution in [-0.4, -0.2) is 25.5 Å². The number of ether oxygens (including phenoxy) is 1. The lowest BCUT2D eigenvalue weighted by molar-refractivity contribution is 0.0606. The van der Waals surface area contributed by atoms with Gasteiger partial charge in [0.05, 0.1) is 12.7 Å². The summed E-state index contributed by atoms with van der Waals surface area (Å²) < 4.78 is 18.9. The van der Waals surface area contributed by atoms with Gasteiger partial charge in [0.25, 0.3) is 5.91 Å². The van der Waals surface area contributed by atoms with Gasteiger partial charge in [0, 0.05) is 15.9 Å². The number of nitrogens with one attached hydrogen (secondary N) is 1. The molecule has 1 amide bonds. The molecule has 0 fully saturated rings. The monoisotopic (exact) mass is 399 g/mol. The lowest BCUT2D eigenvalue weighted by atomic mass is 10.2. The van der Waals surface area contributed by atoms with Gasteiger partial charge in [-0.15, -0.1) is 11.3 Å². The first kappa shape index (κ1) is 17.6. The van der Waals surface area contributed by atoms with Crippen molar-refractivity contribution in [1.82, 2.24) is 5.32 Å². The molecule has 1 aromatic heterocycles. The smallest absolute Gasteiger partial charge is 0.348 e. The lowest BCUT2D eigenvalue weighted by Gasteiger charge is -2.06. The molecule has 0 radical (unpaired) electrons. The van der Waals surface area contributed by atoms with Crippen LogP contribution in [0, 0.1) is 5.82 Å². The Morgan fingerprint density at radius 1 is 1.30 bits per heavy atom. The largest absolute Gasteiger partial charge is 0.465 e. The molecule has 4 nitrogen and oxygen atoms in total. The maximum atomic E-state index is 13.6. The highest BCUT2D eigenvalue weighted by Crippen LogP contribution is 2.19. The van der Waals surface area contributed by atoms with E-state index in [1.165, 1.54) is 30.6 Å². The molecule has 1 N–H and O–H groups in total. The minimum Gasteiger partial charge on any atom is -0.465 e. The van der Waals surface area contributed by atoms with Gasteiger partial charge in [-0.25, -0.2) is 9.18 Å². The summed E-state index contributed by atoms with van der Waals surface area (Å²) in [6.45, 7) is 0.427. The average Bonchev–Trinajstić information content (AvgIpc) is 3.01. The minimum absolute atomic E-state index is 0.0171. The van der Waals surface area contributed by atoms with E-state index in [4.69, 9.17) is 0 Å². The zero-order valence-electron chi connectivity index (χ0n) is 12.4. The predicted molar refractivity (Wildman–Crippen MR) is 90.4 cm³/mol. The molecule has 1 aromatic carbocycles. The summed E-state index contributed by atoms with van der Waals surface area (Å²) >= 11 is 4.59. The molecular formula is C16H15BrFNO3S. The lowest BCUT2D eigenvalue weighted by Crippen LogP contribution is -2.25. The van der Waals surface area contributed by atoms with Crippen LogP contribution in [0.15, 0.2) is 34.8 Å². The second-order valence-electron chi connectivity index (χ2n) is 4.74. The number of hydrogen-bond donors (Lipinski definition) is 1. The fraction of sp³-hybridized carbons (Fsp3) is 0.250. The van der Waals surface area contributed by atoms with Gasteiger partial charge in [-0.3, -0.25) is 4.79 Å². The average molecular weight is 400 g/mol. The molecule has 0 atom stereocenters. The maximum Gasteiger partial charge on any atom is 0.348 e. The Morgan fingerprint density at radius 3 is 2.83 bits per heavy atom. The van der Waals surface area contributed by atoms with E-state index < -0.39 is 11.7 Å². The molecule has 0 spiro atoms. The molecule has 0 unspecified atom stereocenters. The second kappa shape index (κ2) is 8.21. The molecule has 2 rings (SSSR count). The highest BCUT2D eigenvalue weighted by molar-refractivity contribution is 9.10. The van der Waals surface area contributed by atoms with Gasteiger partial charge in [0.1, 0.15) is 10.7 Å². The van der Waals surface area contributed by atoms with Gasteiger partial charge in [0.15, 0.2) is 0 Å². The number of amides is 1. The number of carbonyl (C=O) groups excluding carboxylic acids is 2. The van der Waals surface area contributed by atoms with Crippen molar-refractivity contribution in [3.05, 3.63) is 55.9 Å². The Hall–Kier alpha value is -1.73. The molecule has 0 saturated carbocycles. The summed E-state index contributed by atoms with van der Waals surface area (Å²) in [6, 6.07) is 7.83. The number of hydrogen-bond acceptors (Lipinski definition) is 4. The third-order valence-electron chi connectivity index (χ3n) is 3.11. The van der Waals surface area contributed by atoms with Gasteiger partial charge < -0.3 is 10.1 Å². The van der Waals surface area contributed by atoms with E-state index in [9.17, 15) is 14.0 Å². The van der Waals surface area contributed by atoms with Crippen molar-refractivity contribution in [2.75, 3.05) is 13.7 Å². The third kappa shape index (κ3) is 4.87. The van der Waals surface area contributed by atoms with Gasteiger partial charge >= 0.3 is 5.97 Å². The first-order valence-corrected chi connectivity index (χ1v) is 8.52. The molecule has 1 heterocycles. The van der Waals surface area contributed by atoms with E-state index in [0.717, 1.165) is 11.3 Å². The van der Waals surface area contributed by atoms with Gasteiger partial charge in [-0.05, 0) is 43.2 Å². The standard InChI is InChI=1S/C16H15BrFNO3S/c1-22-16(21)14-7-5-11(23-14)3-2-8-19-15(20)12-9-10(17)4-6-13(12)18/h4-7,9H,2-3,8H2,1H3,(H,19,20). The van der Waals surface area contributed by atoms with Crippen molar-refractivity contribution in [3.63, 3.8) is 0 Å². The van der Waals surface area contributed by atoms with Crippen LogP contribution in [0.1, 0.15) is 31.3 Å². The molecule has 122 valence electrons. The molecule has 7 heteroatoms. The van der Waals surface area contributed by atoms with Gasteiger partial charge in [-0.1, -0.05) is 15.9 Å². The summed E-state index contributed by atoms with van der Waals surface area (Å²) in [4.78, 5) is 24.9. The van der Waals surface area contributed by atoms with Gasteiger partial charge in [-0.2, -0.15) is 0 Å². The molecular weight excluding hydrogens is 385 g/mol. The van der Waals surface area contributed by atoms with Crippen molar-refractivity contribution in [2.45, 2.75) is 12.8 Å². The van der Waals surface area contributed by atoms with E-state index in [-0.39, 0.29) is 11.5 Å². The van der Waals surface area contributed by atoms with Crippen molar-refractivity contribution in [2.24, 2.45) is 0 Å². The summed E-state index contributed by atoms with van der Waals surface area (Å²) in [5.74, 6) is -1.34. The molecule has 0 aliphatic heterocycles. The van der Waals surface area contributed by atoms with Crippen LogP contribution >= 0.6 is 27.3 Å². The number of methoxy groups -OCH3 is 1. The molecule has 0 bridgehead atoms. The molecule has 0 aliphatic rings. The Bertz CT molecular complexity index is 717. The van der Waals surface area contributed by atoms with Crippen LogP contribution in [0.4, 0.5) is 4.39 Å². The SMILES string of the molecule is COC(=O)c1ccc(CCCNC(=O)c2cc(Br)ccc2F)s1. The zero-order chi connectivity index (χ0) is 16.8. The topological polar surface area (TPSA) is 55.4 Å². The summed E-state index contributed by atoms with van der Waals surface area (Å²) in [5, 5.41) is 2.69. The summed E-state index contributed by atoms with van der Waals surface area (Å²) in [7, 11) is 1.35. The van der Waals surface area contributed by atoms with Crippen molar-refractivity contribution >= 4 is 39.1 Å². The van der Waals surface area contributed by atoms with E-state index in [2.05, 4.69) is 26.0 Å². The van der Waals surface area contributed by atoms with E-state index in [1.54, 1.807) is 12.1 Å². The first-order chi connectivity index (χ1) is 11.0. The van der Waals surface area contributed by atoms with Crippen LogP contribution in [0.5, 0.6) is 0 Å². The van der Waals surface area contributed by atoms with Crippen molar-refractivity contribution in [1.29, 1.82) is 0 Å². The second-order valence-corrected chi connectivity index (χ2v) is 6.83. The van der Waals surface area contributed by atoms with Crippen molar-refractivity contribution in [3.8, 4) is 0 Å². The number of thiophene rings is 1. The Balaban J connectivity index is 1.81. The van der Waals surface area contributed by atoms with E-state index in [1.807, 2.05) is 6.07 Å². The third-order valence-corrected chi connectivity index (χ3v) is 4.73. The molecule has 23 heavy (non-hydrogen) atoms. The fourth-order valence-electron chi connectivity index (χ4n) is 1.95. The summed E-state index contributed by atoms with van der Waals surface area (Å²) in [6.07, 6.45) is 1.42.